The second-order valence-electron chi connectivity index (χ2n) is 5.93. The Kier molecular flexibility index (Phi) is 5.85. The van der Waals surface area contributed by atoms with Gasteiger partial charge >= 0.3 is 0 Å². The van der Waals surface area contributed by atoms with Gasteiger partial charge in [-0.05, 0) is 41.6 Å². The van der Waals surface area contributed by atoms with Crippen molar-refractivity contribution < 1.29 is 9.21 Å². The van der Waals surface area contributed by atoms with Crippen molar-refractivity contribution in [2.75, 3.05) is 0 Å². The molecule has 0 bridgehead atoms. The lowest BCUT2D eigenvalue weighted by molar-refractivity contribution is -0.115. The Bertz CT molecular complexity index is 1150. The van der Waals surface area contributed by atoms with E-state index in [2.05, 4.69) is 15.5 Å². The predicted molar refractivity (Wildman–Crippen MR) is 119 cm³/mol. The summed E-state index contributed by atoms with van der Waals surface area (Å²) in [7, 11) is 0. The molecule has 0 saturated carbocycles. The summed E-state index contributed by atoms with van der Waals surface area (Å²) in [5.74, 6) is 0.819. The van der Waals surface area contributed by atoms with Crippen LogP contribution in [0.1, 0.15) is 11.3 Å². The first-order valence-corrected chi connectivity index (χ1v) is 10.1. The second-order valence-corrected chi connectivity index (χ2v) is 7.74. The average molecular weight is 442 g/mol. The maximum atomic E-state index is 12.2. The van der Waals surface area contributed by atoms with Crippen LogP contribution in [0.15, 0.2) is 80.2 Å². The lowest BCUT2D eigenvalue weighted by Gasteiger charge is -2.01. The zero-order valence-corrected chi connectivity index (χ0v) is 17.1. The summed E-state index contributed by atoms with van der Waals surface area (Å²) in [5.41, 5.74) is 1.61. The third-order valence-corrected chi connectivity index (χ3v) is 5.64. The van der Waals surface area contributed by atoms with E-state index in [0.29, 0.717) is 37.2 Å². The van der Waals surface area contributed by atoms with Crippen molar-refractivity contribution in [2.24, 2.45) is 10.2 Å². The van der Waals surface area contributed by atoms with Crippen molar-refractivity contribution >= 4 is 58.3 Å². The third-order valence-electron chi connectivity index (χ3n) is 3.92. The number of nitrogens with one attached hydrogen (secondary N) is 1. The van der Waals surface area contributed by atoms with Gasteiger partial charge in [0.2, 0.25) is 0 Å². The molecule has 1 saturated heterocycles. The highest BCUT2D eigenvalue weighted by Gasteiger charge is 2.24. The molecule has 29 heavy (non-hydrogen) atoms. The van der Waals surface area contributed by atoms with E-state index >= 15 is 0 Å². The van der Waals surface area contributed by atoms with Crippen LogP contribution < -0.4 is 5.32 Å². The van der Waals surface area contributed by atoms with Crippen LogP contribution in [0.4, 0.5) is 0 Å². The van der Waals surface area contributed by atoms with Crippen molar-refractivity contribution in [2.45, 2.75) is 0 Å². The first-order valence-electron chi connectivity index (χ1n) is 8.51. The predicted octanol–water partition coefficient (Wildman–Crippen LogP) is 5.85. The Morgan fingerprint density at radius 3 is 2.66 bits per heavy atom. The summed E-state index contributed by atoms with van der Waals surface area (Å²) < 4.78 is 5.81. The fourth-order valence-corrected chi connectivity index (χ4v) is 3.71. The van der Waals surface area contributed by atoms with Crippen molar-refractivity contribution in [3.63, 3.8) is 0 Å². The number of carbonyl (C=O) groups excluding carboxylic acids is 1. The SMILES string of the molecule is O=C1NC(=NN=Cc2ccccc2)SC1=Cc1ccc(-c2cccc(Cl)c2Cl)o1. The average Bonchev–Trinajstić information content (AvgIpc) is 3.32. The number of amidine groups is 1. The Hall–Kier alpha value is -2.80. The summed E-state index contributed by atoms with van der Waals surface area (Å²) in [4.78, 5) is 12.6. The van der Waals surface area contributed by atoms with E-state index in [4.69, 9.17) is 27.6 Å². The summed E-state index contributed by atoms with van der Waals surface area (Å²) in [6.07, 6.45) is 3.26. The molecule has 1 fully saturated rings. The smallest absolute Gasteiger partial charge is 0.264 e. The molecule has 0 radical (unpaired) electrons. The van der Waals surface area contributed by atoms with Gasteiger partial charge in [0.1, 0.15) is 11.5 Å². The Morgan fingerprint density at radius 2 is 1.83 bits per heavy atom. The van der Waals surface area contributed by atoms with Crippen LogP contribution in [0.25, 0.3) is 17.4 Å². The molecular weight excluding hydrogens is 429 g/mol. The van der Waals surface area contributed by atoms with Crippen molar-refractivity contribution in [1.29, 1.82) is 0 Å². The van der Waals surface area contributed by atoms with Gasteiger partial charge in [0.05, 0.1) is 21.2 Å². The van der Waals surface area contributed by atoms with Crippen LogP contribution in [0.2, 0.25) is 10.0 Å². The number of halogens is 2. The van der Waals surface area contributed by atoms with Crippen LogP contribution in [0, 0.1) is 0 Å². The molecule has 2 aromatic carbocycles. The van der Waals surface area contributed by atoms with Gasteiger partial charge in [0.15, 0.2) is 5.17 Å². The highest BCUT2D eigenvalue weighted by Crippen LogP contribution is 2.35. The van der Waals surface area contributed by atoms with Crippen molar-refractivity contribution in [3.8, 4) is 11.3 Å². The molecular formula is C21H13Cl2N3O2S. The number of thioether (sulfide) groups is 1. The van der Waals surface area contributed by atoms with Crippen LogP contribution in [-0.2, 0) is 4.79 Å². The minimum Gasteiger partial charge on any atom is -0.457 e. The van der Waals surface area contributed by atoms with Gasteiger partial charge in [-0.25, -0.2) is 0 Å². The van der Waals surface area contributed by atoms with Crippen LogP contribution in [-0.4, -0.2) is 17.3 Å². The highest BCUT2D eigenvalue weighted by atomic mass is 35.5. The fourth-order valence-electron chi connectivity index (χ4n) is 2.56. The molecule has 1 aromatic heterocycles. The minimum absolute atomic E-state index is 0.262. The van der Waals surface area contributed by atoms with Gasteiger partial charge in [0, 0.05) is 11.6 Å². The molecule has 0 aliphatic carbocycles. The Morgan fingerprint density at radius 1 is 1.00 bits per heavy atom. The van der Waals surface area contributed by atoms with Gasteiger partial charge < -0.3 is 4.42 Å². The van der Waals surface area contributed by atoms with E-state index in [9.17, 15) is 4.79 Å². The molecule has 1 amide bonds. The monoisotopic (exact) mass is 441 g/mol. The number of rotatable bonds is 4. The number of hydrogen-bond donors (Lipinski definition) is 1. The van der Waals surface area contributed by atoms with Crippen LogP contribution in [0.3, 0.4) is 0 Å². The molecule has 8 heteroatoms. The van der Waals surface area contributed by atoms with Gasteiger partial charge in [-0.15, -0.1) is 5.10 Å². The molecule has 0 spiro atoms. The van der Waals surface area contributed by atoms with E-state index in [0.717, 1.165) is 5.56 Å². The van der Waals surface area contributed by atoms with Gasteiger partial charge in [-0.2, -0.15) is 5.10 Å². The maximum absolute atomic E-state index is 12.2. The van der Waals surface area contributed by atoms with Crippen molar-refractivity contribution in [1.82, 2.24) is 5.32 Å². The van der Waals surface area contributed by atoms with E-state index < -0.39 is 0 Å². The Labute approximate surface area is 181 Å². The highest BCUT2D eigenvalue weighted by molar-refractivity contribution is 8.18. The quantitative estimate of drug-likeness (QED) is 0.313. The Balaban J connectivity index is 1.50. The van der Waals surface area contributed by atoms with Gasteiger partial charge in [-0.3, -0.25) is 10.1 Å². The number of benzene rings is 2. The van der Waals surface area contributed by atoms with Crippen LogP contribution in [0.5, 0.6) is 0 Å². The molecule has 1 aliphatic heterocycles. The lowest BCUT2D eigenvalue weighted by atomic mass is 10.2. The number of carbonyl (C=O) groups is 1. The van der Waals surface area contributed by atoms with E-state index in [-0.39, 0.29) is 5.91 Å². The molecule has 2 heterocycles. The van der Waals surface area contributed by atoms with Gasteiger partial charge in [-0.1, -0.05) is 59.6 Å². The number of amides is 1. The zero-order chi connectivity index (χ0) is 20.2. The topological polar surface area (TPSA) is 67.0 Å². The summed E-state index contributed by atoms with van der Waals surface area (Å²) in [6.45, 7) is 0. The summed E-state index contributed by atoms with van der Waals surface area (Å²) in [5, 5.41) is 12.0. The molecule has 3 aromatic rings. The largest absolute Gasteiger partial charge is 0.457 e. The third kappa shape index (κ3) is 4.62. The number of hydrogen-bond acceptors (Lipinski definition) is 5. The first-order chi connectivity index (χ1) is 14.1. The zero-order valence-electron chi connectivity index (χ0n) is 14.8. The molecule has 0 atom stereocenters. The van der Waals surface area contributed by atoms with E-state index in [1.165, 1.54) is 11.8 Å². The van der Waals surface area contributed by atoms with Gasteiger partial charge in [0.25, 0.3) is 5.91 Å². The molecule has 4 rings (SSSR count). The first kappa shape index (κ1) is 19.5. The lowest BCUT2D eigenvalue weighted by Crippen LogP contribution is -2.19. The fraction of sp³-hybridized carbons (Fsp3) is 0. The standard InChI is InChI=1S/C21H13Cl2N3O2S/c22-16-8-4-7-15(19(16)23)17-10-9-14(28-17)11-18-20(27)25-21(29-18)26-24-12-13-5-2-1-3-6-13/h1-12H,(H,25,26,27). The van der Waals surface area contributed by atoms with Crippen molar-refractivity contribution in [3.05, 3.63) is 86.9 Å². The minimum atomic E-state index is -0.262. The van der Waals surface area contributed by atoms with E-state index in [1.807, 2.05) is 36.4 Å². The molecule has 1 aliphatic rings. The maximum Gasteiger partial charge on any atom is 0.264 e. The van der Waals surface area contributed by atoms with Crippen LogP contribution >= 0.6 is 35.0 Å². The molecule has 0 unspecified atom stereocenters. The molecule has 1 N–H and O–H groups in total. The normalized spacial score (nSPS) is 16.8. The number of furan rings is 1. The van der Waals surface area contributed by atoms with E-state index in [1.54, 1.807) is 36.6 Å². The summed E-state index contributed by atoms with van der Waals surface area (Å²) in [6, 6.07) is 18.4. The molecule has 144 valence electrons. The molecule has 5 nitrogen and oxygen atoms in total. The summed E-state index contributed by atoms with van der Waals surface area (Å²) >= 11 is 13.5. The number of nitrogens with zero attached hydrogens (tertiary/aromatic N) is 2. The second kappa shape index (κ2) is 8.69.